The minimum Gasteiger partial charge on any atom is -0.597 e. The van der Waals surface area contributed by atoms with Crippen molar-refractivity contribution in [1.82, 2.24) is 24.4 Å². The molecule has 0 radical (unpaired) electrons. The van der Waals surface area contributed by atoms with Crippen LogP contribution in [0.15, 0.2) is 121 Å². The molecule has 2 aliphatic heterocycles. The Morgan fingerprint density at radius 1 is 0.903 bits per heavy atom. The summed E-state index contributed by atoms with van der Waals surface area (Å²) in [5.41, 5.74) is 6.08. The van der Waals surface area contributed by atoms with Crippen LogP contribution in [0.2, 0.25) is 5.04 Å². The molecule has 0 bridgehead atoms. The second-order valence-electron chi connectivity index (χ2n) is 19.0. The number of aromatic nitrogens is 1. The van der Waals surface area contributed by atoms with E-state index in [4.69, 9.17) is 9.41 Å². The number of hydrogen-bond donors (Lipinski definition) is 1. The highest BCUT2D eigenvalue weighted by Gasteiger charge is 2.51. The third-order valence-corrected chi connectivity index (χ3v) is 18.8. The van der Waals surface area contributed by atoms with E-state index >= 15 is 0 Å². The second kappa shape index (κ2) is 19.4. The fraction of sp³-hybridized carbons (Fsp3) is 0.385. The first-order valence-corrected chi connectivity index (χ1v) is 24.9. The molecule has 0 saturated carbocycles. The molecule has 7 rings (SSSR count). The molecular formula is C52H63N5O3SSi. The summed E-state index contributed by atoms with van der Waals surface area (Å²) >= 11 is -1.37. The first kappa shape index (κ1) is 45.5. The fourth-order valence-corrected chi connectivity index (χ4v) is 15.0. The van der Waals surface area contributed by atoms with Gasteiger partial charge < -0.3 is 14.3 Å². The molecule has 8 nitrogen and oxygen atoms in total. The highest BCUT2D eigenvalue weighted by molar-refractivity contribution is 7.90. The Bertz CT molecular complexity index is 2320. The Morgan fingerprint density at radius 2 is 1.55 bits per heavy atom. The molecule has 324 valence electrons. The van der Waals surface area contributed by atoms with E-state index in [1.165, 1.54) is 15.9 Å². The van der Waals surface area contributed by atoms with Crippen molar-refractivity contribution < 1.29 is 13.8 Å². The van der Waals surface area contributed by atoms with E-state index < -0.39 is 24.4 Å². The van der Waals surface area contributed by atoms with E-state index in [2.05, 4.69) is 144 Å². The van der Waals surface area contributed by atoms with Gasteiger partial charge in [0.2, 0.25) is 0 Å². The number of pyridine rings is 1. The summed E-state index contributed by atoms with van der Waals surface area (Å²) in [6, 6.07) is 41.7. The van der Waals surface area contributed by atoms with Gasteiger partial charge in [-0.3, -0.25) is 14.6 Å². The van der Waals surface area contributed by atoms with E-state index in [0.29, 0.717) is 31.8 Å². The number of likely N-dealkylation sites (tertiary alicyclic amines) is 1. The van der Waals surface area contributed by atoms with Gasteiger partial charge in [0.25, 0.3) is 14.2 Å². The molecule has 1 saturated heterocycles. The van der Waals surface area contributed by atoms with Crippen LogP contribution in [0.1, 0.15) is 93.2 Å². The molecular weight excluding hydrogens is 803 g/mol. The molecule has 2 aliphatic rings. The van der Waals surface area contributed by atoms with Crippen LogP contribution in [0, 0.1) is 11.8 Å². The van der Waals surface area contributed by atoms with E-state index in [1.54, 1.807) is 0 Å². The Balaban J connectivity index is 1.27. The van der Waals surface area contributed by atoms with E-state index in [0.717, 1.165) is 54.0 Å². The molecule has 0 aliphatic carbocycles. The van der Waals surface area contributed by atoms with Crippen LogP contribution in [-0.2, 0) is 28.9 Å². The predicted octanol–water partition coefficient (Wildman–Crippen LogP) is 7.95. The molecule has 1 fully saturated rings. The van der Waals surface area contributed by atoms with Gasteiger partial charge in [-0.2, -0.15) is 0 Å². The molecule has 0 spiro atoms. The lowest BCUT2D eigenvalue weighted by Gasteiger charge is -2.43. The van der Waals surface area contributed by atoms with Gasteiger partial charge in [-0.25, -0.2) is 4.98 Å². The minimum atomic E-state index is -2.86. The maximum Gasteiger partial charge on any atom is 0.270 e. The van der Waals surface area contributed by atoms with Gasteiger partial charge in [-0.15, -0.1) is 4.31 Å². The summed E-state index contributed by atoms with van der Waals surface area (Å²) in [6.45, 7) is 17.0. The molecule has 10 heteroatoms. The number of hydrogen-bond acceptors (Lipinski definition) is 7. The lowest BCUT2D eigenvalue weighted by Crippen LogP contribution is -2.66. The van der Waals surface area contributed by atoms with Crippen LogP contribution in [0.25, 0.3) is 11.3 Å². The van der Waals surface area contributed by atoms with Gasteiger partial charge in [-0.1, -0.05) is 136 Å². The van der Waals surface area contributed by atoms with Crippen molar-refractivity contribution in [3.8, 4) is 23.1 Å². The summed E-state index contributed by atoms with van der Waals surface area (Å²) in [5, 5.41) is 5.58. The number of rotatable bonds is 13. The zero-order chi connectivity index (χ0) is 44.1. The lowest BCUT2D eigenvalue weighted by atomic mass is 9.95. The van der Waals surface area contributed by atoms with Crippen molar-refractivity contribution in [2.75, 3.05) is 40.3 Å². The lowest BCUT2D eigenvalue weighted by molar-refractivity contribution is 0.0932. The molecule has 1 unspecified atom stereocenters. The maximum absolute atomic E-state index is 14.7. The van der Waals surface area contributed by atoms with Crippen molar-refractivity contribution in [2.45, 2.75) is 89.3 Å². The molecule has 5 aromatic rings. The van der Waals surface area contributed by atoms with Crippen LogP contribution in [-0.4, -0.2) is 89.0 Å². The third-order valence-electron chi connectivity index (χ3n) is 11.9. The normalized spacial score (nSPS) is 17.7. The van der Waals surface area contributed by atoms with Crippen LogP contribution in [0.5, 0.6) is 0 Å². The van der Waals surface area contributed by atoms with Crippen molar-refractivity contribution in [2.24, 2.45) is 0 Å². The second-order valence-corrected chi connectivity index (χ2v) is 25.5. The Kier molecular flexibility index (Phi) is 14.3. The monoisotopic (exact) mass is 865 g/mol. The van der Waals surface area contributed by atoms with Gasteiger partial charge in [0, 0.05) is 60.3 Å². The third kappa shape index (κ3) is 10.3. The number of amides is 1. The van der Waals surface area contributed by atoms with Gasteiger partial charge in [0.1, 0.15) is 10.4 Å². The van der Waals surface area contributed by atoms with Crippen LogP contribution < -0.4 is 15.7 Å². The Morgan fingerprint density at radius 3 is 2.16 bits per heavy atom. The van der Waals surface area contributed by atoms with Gasteiger partial charge in [0.05, 0.1) is 24.8 Å². The molecule has 1 aromatic heterocycles. The average Bonchev–Trinajstić information content (AvgIpc) is 3.85. The van der Waals surface area contributed by atoms with Crippen LogP contribution in [0.3, 0.4) is 0 Å². The molecule has 4 aromatic carbocycles. The highest BCUT2D eigenvalue weighted by atomic mass is 32.2. The number of nitrogens with zero attached hydrogens (tertiary/aromatic N) is 4. The summed E-state index contributed by atoms with van der Waals surface area (Å²) in [4.78, 5) is 24.0. The zero-order valence-corrected chi connectivity index (χ0v) is 39.6. The number of benzene rings is 4. The van der Waals surface area contributed by atoms with Gasteiger partial charge in [-0.05, 0) is 92.4 Å². The van der Waals surface area contributed by atoms with Crippen molar-refractivity contribution in [3.63, 3.8) is 0 Å². The molecule has 1 N–H and O–H groups in total. The Hall–Kier alpha value is -4.57. The fourth-order valence-electron chi connectivity index (χ4n) is 9.01. The van der Waals surface area contributed by atoms with Crippen LogP contribution in [0.4, 0.5) is 0 Å². The van der Waals surface area contributed by atoms with E-state index in [1.807, 2.05) is 64.0 Å². The Labute approximate surface area is 374 Å². The zero-order valence-electron chi connectivity index (χ0n) is 37.8. The number of carbonyl (C=O) groups is 1. The summed E-state index contributed by atoms with van der Waals surface area (Å²) in [5.74, 6) is 6.42. The summed E-state index contributed by atoms with van der Waals surface area (Å²) in [7, 11) is 1.15. The van der Waals surface area contributed by atoms with Crippen LogP contribution >= 0.6 is 0 Å². The number of carbonyl (C=O) groups excluding carboxylic acids is 1. The standard InChI is InChI=1S/C52H63N5O3SSi/c1-51(2,3)61(59)57-37-42-35-46(50(58)53-43-29-32-56(38-43)36-40-20-12-9-13-21-40)54-49(41-24-18-22-39(34-41)23-19-31-55(7)8)48(42)47(57)30-33-60-62(52(4,5)6,44-25-14-10-15-26-44)45-27-16-11-17-28-45/h9-18,20-22,24-28,34-35,43,47H,29-33,36-38H2,1-8H3,(H,53,58)/t43-,47-,61?/m1/s1. The summed E-state index contributed by atoms with van der Waals surface area (Å²) < 4.78 is 23.7. The average molecular weight is 866 g/mol. The molecule has 62 heavy (non-hydrogen) atoms. The van der Waals surface area contributed by atoms with E-state index in [9.17, 15) is 9.35 Å². The maximum atomic E-state index is 14.7. The SMILES string of the molecule is CN(C)CC#Cc1cccc(-c2nc(C(=O)N[C@@H]3CCN(Cc4ccccc4)C3)cc3c2[C@@H](CCO[Si](c2ccccc2)(c2ccccc2)C(C)(C)C)N([S+]([O-])C(C)(C)C)C3)c1. The summed E-state index contributed by atoms with van der Waals surface area (Å²) in [6.07, 6.45) is 1.46. The number of nitrogens with one attached hydrogen (secondary N) is 1. The topological polar surface area (TPSA) is 84.0 Å². The highest BCUT2D eigenvalue weighted by Crippen LogP contribution is 2.46. The quantitative estimate of drug-likeness (QED) is 0.0732. The smallest absolute Gasteiger partial charge is 0.270 e. The molecule has 3 heterocycles. The van der Waals surface area contributed by atoms with Crippen molar-refractivity contribution >= 4 is 36.0 Å². The first-order chi connectivity index (χ1) is 29.6. The van der Waals surface area contributed by atoms with Crippen molar-refractivity contribution in [3.05, 3.63) is 149 Å². The largest absolute Gasteiger partial charge is 0.597 e. The molecule has 3 atom stereocenters. The van der Waals surface area contributed by atoms with E-state index in [-0.39, 0.29) is 23.0 Å². The predicted molar refractivity (Wildman–Crippen MR) is 257 cm³/mol. The first-order valence-electron chi connectivity index (χ1n) is 21.9. The molecule has 1 amide bonds. The van der Waals surface area contributed by atoms with Gasteiger partial charge in [0.15, 0.2) is 0 Å². The van der Waals surface area contributed by atoms with Gasteiger partial charge >= 0.3 is 0 Å². The minimum absolute atomic E-state index is 0.0104. The van der Waals surface area contributed by atoms with Crippen molar-refractivity contribution in [1.29, 1.82) is 0 Å². The number of fused-ring (bicyclic) bond motifs is 1.